The molecule has 2 atom stereocenters. The Hall–Kier alpha value is -2.60. The fraction of sp³-hybridized carbons (Fsp3) is 0.520. The van der Waals surface area contributed by atoms with E-state index >= 15 is 0 Å². The predicted molar refractivity (Wildman–Crippen MR) is 126 cm³/mol. The number of benzene rings is 1. The molecule has 6 heteroatoms. The summed E-state index contributed by atoms with van der Waals surface area (Å²) in [6.07, 6.45) is 4.37. The molecule has 3 rings (SSSR count). The molecule has 1 aliphatic heterocycles. The zero-order chi connectivity index (χ0) is 22.3. The van der Waals surface area contributed by atoms with Crippen LogP contribution in [0.3, 0.4) is 0 Å². The molecule has 6 nitrogen and oxygen atoms in total. The molecule has 1 saturated heterocycles. The topological polar surface area (TPSA) is 67.7 Å². The minimum atomic E-state index is 0.0141. The Morgan fingerprint density at radius 2 is 1.87 bits per heavy atom. The van der Waals surface area contributed by atoms with Crippen molar-refractivity contribution in [1.82, 2.24) is 15.2 Å². The molecule has 1 aliphatic rings. The van der Waals surface area contributed by atoms with Crippen molar-refractivity contribution in [3.8, 4) is 0 Å². The third-order valence-electron chi connectivity index (χ3n) is 5.79. The highest BCUT2D eigenvalue weighted by molar-refractivity contribution is 5.79. The number of guanidine groups is 1. The fourth-order valence-electron chi connectivity index (χ4n) is 4.19. The van der Waals surface area contributed by atoms with Crippen LogP contribution >= 0.6 is 0 Å². The Labute approximate surface area is 185 Å². The summed E-state index contributed by atoms with van der Waals surface area (Å²) in [5.41, 5.74) is 2.42. The van der Waals surface area contributed by atoms with Gasteiger partial charge in [-0.25, -0.2) is 0 Å². The molecule has 31 heavy (non-hydrogen) atoms. The number of aliphatic imine (C=N–C) groups is 1. The van der Waals surface area contributed by atoms with Gasteiger partial charge in [0.05, 0.1) is 12.6 Å². The van der Waals surface area contributed by atoms with Crippen molar-refractivity contribution in [3.63, 3.8) is 0 Å². The molecule has 2 N–H and O–H groups in total. The van der Waals surface area contributed by atoms with E-state index in [-0.39, 0.29) is 17.1 Å². The van der Waals surface area contributed by atoms with Crippen molar-refractivity contribution < 1.29 is 4.74 Å². The normalized spacial score (nSPS) is 19.8. The Kier molecular flexibility index (Phi) is 7.91. The second-order valence-electron chi connectivity index (χ2n) is 9.35. The lowest BCUT2D eigenvalue weighted by Gasteiger charge is -2.40. The summed E-state index contributed by atoms with van der Waals surface area (Å²) >= 11 is 0. The van der Waals surface area contributed by atoms with Crippen LogP contribution in [0.25, 0.3) is 0 Å². The molecular weight excluding hydrogens is 388 g/mol. The Morgan fingerprint density at radius 3 is 2.55 bits per heavy atom. The summed E-state index contributed by atoms with van der Waals surface area (Å²) in [5.74, 6) is 1.28. The maximum Gasteiger partial charge on any atom is 0.250 e. The van der Waals surface area contributed by atoms with Crippen LogP contribution in [0.4, 0.5) is 0 Å². The zero-order valence-electron chi connectivity index (χ0n) is 19.2. The van der Waals surface area contributed by atoms with E-state index in [0.29, 0.717) is 19.0 Å². The molecule has 1 fully saturated rings. The van der Waals surface area contributed by atoms with E-state index in [2.05, 4.69) is 60.7 Å². The summed E-state index contributed by atoms with van der Waals surface area (Å²) in [6, 6.07) is 13.5. The van der Waals surface area contributed by atoms with Crippen LogP contribution in [0.1, 0.15) is 44.7 Å². The molecule has 0 radical (unpaired) electrons. The monoisotopic (exact) mass is 424 g/mol. The zero-order valence-corrected chi connectivity index (χ0v) is 19.2. The summed E-state index contributed by atoms with van der Waals surface area (Å²) < 4.78 is 7.80. The maximum atomic E-state index is 11.9. The standard InChI is InChI=1S/C25H36N4O2/c1-25(2,3)23-21(8-7-15-31-23)17-28-24(26-4)27-16-19-10-12-20(13-11-19)18-29-14-6-5-9-22(29)30/h5-6,9-14,21,23H,7-8,15-18H2,1-4H3,(H2,26,27,28). The first-order valence-corrected chi connectivity index (χ1v) is 11.2. The molecule has 0 bridgehead atoms. The molecule has 1 aromatic carbocycles. The second-order valence-corrected chi connectivity index (χ2v) is 9.35. The van der Waals surface area contributed by atoms with Crippen molar-refractivity contribution in [2.45, 2.75) is 52.8 Å². The van der Waals surface area contributed by atoms with Crippen molar-refractivity contribution in [2.75, 3.05) is 20.2 Å². The second kappa shape index (κ2) is 10.6. The molecule has 168 valence electrons. The molecule has 0 saturated carbocycles. The van der Waals surface area contributed by atoms with Gasteiger partial charge in [0.25, 0.3) is 5.56 Å². The van der Waals surface area contributed by atoms with Gasteiger partial charge in [0, 0.05) is 44.9 Å². The summed E-state index contributed by atoms with van der Waals surface area (Å²) in [6.45, 7) is 9.74. The van der Waals surface area contributed by atoms with Crippen LogP contribution in [-0.2, 0) is 17.8 Å². The molecule has 2 heterocycles. The Bertz CT molecular complexity index is 912. The summed E-state index contributed by atoms with van der Waals surface area (Å²) in [7, 11) is 1.80. The van der Waals surface area contributed by atoms with Crippen LogP contribution in [0.2, 0.25) is 0 Å². The Balaban J connectivity index is 1.50. The van der Waals surface area contributed by atoms with Gasteiger partial charge in [-0.05, 0) is 35.4 Å². The lowest BCUT2D eigenvalue weighted by atomic mass is 9.78. The van der Waals surface area contributed by atoms with Gasteiger partial charge >= 0.3 is 0 Å². The molecule has 2 unspecified atom stereocenters. The van der Waals surface area contributed by atoms with Crippen LogP contribution in [0.15, 0.2) is 58.4 Å². The third-order valence-corrected chi connectivity index (χ3v) is 5.79. The lowest BCUT2D eigenvalue weighted by molar-refractivity contribution is -0.0835. The average molecular weight is 425 g/mol. The highest BCUT2D eigenvalue weighted by Crippen LogP contribution is 2.33. The predicted octanol–water partition coefficient (Wildman–Crippen LogP) is 3.40. The number of hydrogen-bond acceptors (Lipinski definition) is 3. The fourth-order valence-corrected chi connectivity index (χ4v) is 4.19. The van der Waals surface area contributed by atoms with Crippen LogP contribution in [-0.4, -0.2) is 36.8 Å². The number of pyridine rings is 1. The van der Waals surface area contributed by atoms with E-state index in [0.717, 1.165) is 31.1 Å². The molecule has 1 aromatic heterocycles. The SMILES string of the molecule is CN=C(NCc1ccc(Cn2ccccc2=O)cc1)NCC1CCCOC1C(C)(C)C. The first kappa shape index (κ1) is 23.1. The number of rotatable bonds is 6. The highest BCUT2D eigenvalue weighted by Gasteiger charge is 2.35. The minimum Gasteiger partial charge on any atom is -0.377 e. The van der Waals surface area contributed by atoms with Gasteiger partial charge in [0.15, 0.2) is 5.96 Å². The smallest absolute Gasteiger partial charge is 0.250 e. The lowest BCUT2D eigenvalue weighted by Crippen LogP contribution is -2.47. The van der Waals surface area contributed by atoms with E-state index in [1.165, 1.54) is 12.0 Å². The molecular formula is C25H36N4O2. The number of aromatic nitrogens is 1. The average Bonchev–Trinajstić information content (AvgIpc) is 2.76. The molecule has 0 amide bonds. The first-order valence-electron chi connectivity index (χ1n) is 11.2. The van der Waals surface area contributed by atoms with Crippen molar-refractivity contribution in [1.29, 1.82) is 0 Å². The van der Waals surface area contributed by atoms with Crippen LogP contribution < -0.4 is 16.2 Å². The van der Waals surface area contributed by atoms with E-state index in [9.17, 15) is 4.79 Å². The largest absolute Gasteiger partial charge is 0.377 e. The van der Waals surface area contributed by atoms with E-state index in [4.69, 9.17) is 4.74 Å². The van der Waals surface area contributed by atoms with Crippen molar-refractivity contribution in [3.05, 3.63) is 70.1 Å². The van der Waals surface area contributed by atoms with Crippen LogP contribution in [0.5, 0.6) is 0 Å². The number of ether oxygens (including phenoxy) is 1. The highest BCUT2D eigenvalue weighted by atomic mass is 16.5. The molecule has 2 aromatic rings. The third kappa shape index (κ3) is 6.69. The number of nitrogens with zero attached hydrogens (tertiary/aromatic N) is 2. The van der Waals surface area contributed by atoms with Gasteiger partial charge in [-0.3, -0.25) is 9.79 Å². The first-order chi connectivity index (χ1) is 14.9. The minimum absolute atomic E-state index is 0.0141. The maximum absolute atomic E-state index is 11.9. The van der Waals surface area contributed by atoms with Crippen molar-refractivity contribution in [2.24, 2.45) is 16.3 Å². The van der Waals surface area contributed by atoms with E-state index in [1.807, 2.05) is 12.3 Å². The molecule has 0 spiro atoms. The van der Waals surface area contributed by atoms with Gasteiger partial charge in [0.1, 0.15) is 0 Å². The van der Waals surface area contributed by atoms with Gasteiger partial charge in [0.2, 0.25) is 0 Å². The van der Waals surface area contributed by atoms with Gasteiger partial charge < -0.3 is 19.9 Å². The Morgan fingerprint density at radius 1 is 1.13 bits per heavy atom. The quantitative estimate of drug-likeness (QED) is 0.551. The molecule has 0 aliphatic carbocycles. The van der Waals surface area contributed by atoms with Gasteiger partial charge in [-0.1, -0.05) is 51.1 Å². The van der Waals surface area contributed by atoms with Crippen LogP contribution in [0, 0.1) is 11.3 Å². The summed E-state index contributed by atoms with van der Waals surface area (Å²) in [5, 5.41) is 6.88. The van der Waals surface area contributed by atoms with E-state index < -0.39 is 0 Å². The van der Waals surface area contributed by atoms with Crippen molar-refractivity contribution >= 4 is 5.96 Å². The van der Waals surface area contributed by atoms with E-state index in [1.54, 1.807) is 23.7 Å². The summed E-state index contributed by atoms with van der Waals surface area (Å²) in [4.78, 5) is 16.3. The number of nitrogens with one attached hydrogen (secondary N) is 2. The van der Waals surface area contributed by atoms with Gasteiger partial charge in [-0.2, -0.15) is 0 Å². The van der Waals surface area contributed by atoms with Gasteiger partial charge in [-0.15, -0.1) is 0 Å². The number of hydrogen-bond donors (Lipinski definition) is 2.